The van der Waals surface area contributed by atoms with E-state index in [9.17, 15) is 4.39 Å². The minimum absolute atomic E-state index is 0.132. The maximum Gasteiger partial charge on any atom is 0.141 e. The first-order chi connectivity index (χ1) is 9.17. The molecule has 1 N–H and O–H groups in total. The van der Waals surface area contributed by atoms with Crippen molar-refractivity contribution in [1.29, 1.82) is 0 Å². The summed E-state index contributed by atoms with van der Waals surface area (Å²) in [5, 5.41) is 3.67. The molecule has 1 fully saturated rings. The van der Waals surface area contributed by atoms with Crippen molar-refractivity contribution < 1.29 is 4.39 Å². The van der Waals surface area contributed by atoms with Gasteiger partial charge in [-0.05, 0) is 48.6 Å². The average molecular weight is 278 g/mol. The number of pyridine rings is 1. The molecule has 1 unspecified atom stereocenters. The highest BCUT2D eigenvalue weighted by Crippen LogP contribution is 2.46. The molecule has 1 atom stereocenters. The van der Waals surface area contributed by atoms with Crippen LogP contribution in [0.3, 0.4) is 0 Å². The molecule has 1 aromatic rings. The van der Waals surface area contributed by atoms with Crippen molar-refractivity contribution in [3.63, 3.8) is 0 Å². The van der Waals surface area contributed by atoms with E-state index >= 15 is 0 Å². The van der Waals surface area contributed by atoms with Crippen molar-refractivity contribution in [3.05, 3.63) is 29.8 Å². The summed E-state index contributed by atoms with van der Waals surface area (Å²) in [7, 11) is 0. The van der Waals surface area contributed by atoms with Crippen molar-refractivity contribution in [2.75, 3.05) is 0 Å². The van der Waals surface area contributed by atoms with Gasteiger partial charge in [-0.1, -0.05) is 27.7 Å². The summed E-state index contributed by atoms with van der Waals surface area (Å²) in [6.07, 6.45) is 6.60. The maximum atomic E-state index is 13.3. The predicted molar refractivity (Wildman–Crippen MR) is 80.9 cm³/mol. The molecule has 1 heterocycles. The van der Waals surface area contributed by atoms with E-state index in [1.54, 1.807) is 12.3 Å². The Hall–Kier alpha value is -0.960. The van der Waals surface area contributed by atoms with Crippen LogP contribution in [0.4, 0.5) is 4.39 Å². The molecule has 2 nitrogen and oxygen atoms in total. The van der Waals surface area contributed by atoms with Gasteiger partial charge < -0.3 is 5.32 Å². The zero-order valence-electron chi connectivity index (χ0n) is 13.3. The van der Waals surface area contributed by atoms with E-state index in [4.69, 9.17) is 0 Å². The van der Waals surface area contributed by atoms with Crippen LogP contribution < -0.4 is 5.32 Å². The predicted octanol–water partition coefficient (Wildman–Crippen LogP) is 4.48. The molecule has 112 valence electrons. The van der Waals surface area contributed by atoms with Gasteiger partial charge >= 0.3 is 0 Å². The van der Waals surface area contributed by atoms with Crippen LogP contribution >= 0.6 is 0 Å². The van der Waals surface area contributed by atoms with Gasteiger partial charge in [-0.2, -0.15) is 0 Å². The molecular formula is C17H27FN2. The van der Waals surface area contributed by atoms with Crippen LogP contribution in [0.1, 0.15) is 65.5 Å². The van der Waals surface area contributed by atoms with E-state index < -0.39 is 0 Å². The van der Waals surface area contributed by atoms with Gasteiger partial charge in [0.1, 0.15) is 5.82 Å². The average Bonchev–Trinajstić information content (AvgIpc) is 2.24. The van der Waals surface area contributed by atoms with Crippen LogP contribution in [0, 0.1) is 16.6 Å². The summed E-state index contributed by atoms with van der Waals surface area (Å²) >= 11 is 0. The SMILES string of the molecule is CC(NC1CC(C)(C)CC(C)(C)C1)c1cncc(F)c1. The summed E-state index contributed by atoms with van der Waals surface area (Å²) in [6.45, 7) is 11.5. The fraction of sp³-hybridized carbons (Fsp3) is 0.706. The zero-order valence-corrected chi connectivity index (χ0v) is 13.3. The molecule has 0 amide bonds. The lowest BCUT2D eigenvalue weighted by Crippen LogP contribution is -2.44. The molecular weight excluding hydrogens is 251 g/mol. The molecule has 2 rings (SSSR count). The Labute approximate surface area is 122 Å². The third-order valence-electron chi connectivity index (χ3n) is 4.27. The van der Waals surface area contributed by atoms with Gasteiger partial charge in [0.25, 0.3) is 0 Å². The second kappa shape index (κ2) is 5.44. The number of aromatic nitrogens is 1. The lowest BCUT2D eigenvalue weighted by molar-refractivity contribution is 0.0811. The summed E-state index contributed by atoms with van der Waals surface area (Å²) < 4.78 is 13.3. The van der Waals surface area contributed by atoms with Gasteiger partial charge in [0, 0.05) is 18.3 Å². The van der Waals surface area contributed by atoms with Crippen molar-refractivity contribution in [2.45, 2.75) is 66.0 Å². The third kappa shape index (κ3) is 4.02. The van der Waals surface area contributed by atoms with Crippen LogP contribution in [-0.2, 0) is 0 Å². The first-order valence-electron chi connectivity index (χ1n) is 7.53. The molecule has 0 radical (unpaired) electrons. The fourth-order valence-corrected chi connectivity index (χ4v) is 4.08. The standard InChI is InChI=1S/C17H27FN2/c1-12(13-6-14(18)10-19-9-13)20-15-7-16(2,3)11-17(4,5)8-15/h6,9-10,12,15,20H,7-8,11H2,1-5H3. The molecule has 1 aliphatic rings. The first-order valence-corrected chi connectivity index (χ1v) is 7.53. The van der Waals surface area contributed by atoms with Crippen LogP contribution in [0.5, 0.6) is 0 Å². The summed E-state index contributed by atoms with van der Waals surface area (Å²) in [5.41, 5.74) is 1.64. The molecule has 1 aliphatic carbocycles. The van der Waals surface area contributed by atoms with Crippen LogP contribution in [-0.4, -0.2) is 11.0 Å². The van der Waals surface area contributed by atoms with Gasteiger partial charge in [-0.25, -0.2) is 4.39 Å². The Morgan fingerprint density at radius 1 is 1.20 bits per heavy atom. The van der Waals surface area contributed by atoms with E-state index in [1.807, 2.05) is 0 Å². The van der Waals surface area contributed by atoms with E-state index in [-0.39, 0.29) is 11.9 Å². The lowest BCUT2D eigenvalue weighted by atomic mass is 9.63. The summed E-state index contributed by atoms with van der Waals surface area (Å²) in [4.78, 5) is 3.94. The van der Waals surface area contributed by atoms with Crippen LogP contribution in [0.2, 0.25) is 0 Å². The van der Waals surface area contributed by atoms with Crippen LogP contribution in [0.25, 0.3) is 0 Å². The highest BCUT2D eigenvalue weighted by molar-refractivity contribution is 5.14. The van der Waals surface area contributed by atoms with Crippen molar-refractivity contribution in [1.82, 2.24) is 10.3 Å². The van der Waals surface area contributed by atoms with Gasteiger partial charge in [-0.15, -0.1) is 0 Å². The highest BCUT2D eigenvalue weighted by atomic mass is 19.1. The Balaban J connectivity index is 2.05. The monoisotopic (exact) mass is 278 g/mol. The van der Waals surface area contributed by atoms with E-state index in [0.29, 0.717) is 16.9 Å². The molecule has 1 aromatic heterocycles. The number of hydrogen-bond donors (Lipinski definition) is 1. The normalized spacial score (nSPS) is 23.5. The fourth-order valence-electron chi connectivity index (χ4n) is 4.08. The largest absolute Gasteiger partial charge is 0.307 e. The van der Waals surface area contributed by atoms with Crippen molar-refractivity contribution >= 4 is 0 Å². The third-order valence-corrected chi connectivity index (χ3v) is 4.27. The van der Waals surface area contributed by atoms with Crippen molar-refractivity contribution in [3.8, 4) is 0 Å². The second-order valence-electron chi connectivity index (χ2n) is 7.94. The topological polar surface area (TPSA) is 24.9 Å². The number of halogens is 1. The summed E-state index contributed by atoms with van der Waals surface area (Å²) in [6, 6.07) is 2.18. The molecule has 20 heavy (non-hydrogen) atoms. The smallest absolute Gasteiger partial charge is 0.141 e. The first kappa shape index (κ1) is 15.4. The number of rotatable bonds is 3. The molecule has 1 saturated carbocycles. The number of nitrogens with one attached hydrogen (secondary N) is 1. The van der Waals surface area contributed by atoms with Gasteiger partial charge in [-0.3, -0.25) is 4.98 Å². The Morgan fingerprint density at radius 3 is 2.35 bits per heavy atom. The molecule has 0 bridgehead atoms. The number of hydrogen-bond acceptors (Lipinski definition) is 2. The zero-order chi connectivity index (χ0) is 15.0. The Morgan fingerprint density at radius 2 is 1.80 bits per heavy atom. The Kier molecular flexibility index (Phi) is 4.19. The van der Waals surface area contributed by atoms with Gasteiger partial charge in [0.2, 0.25) is 0 Å². The van der Waals surface area contributed by atoms with E-state index in [2.05, 4.69) is 44.9 Å². The minimum atomic E-state index is -0.263. The van der Waals surface area contributed by atoms with Gasteiger partial charge in [0.15, 0.2) is 0 Å². The van der Waals surface area contributed by atoms with Crippen LogP contribution in [0.15, 0.2) is 18.5 Å². The number of nitrogens with zero attached hydrogens (tertiary/aromatic N) is 1. The quantitative estimate of drug-likeness (QED) is 0.882. The molecule has 0 spiro atoms. The van der Waals surface area contributed by atoms with E-state index in [1.165, 1.54) is 25.5 Å². The second-order valence-corrected chi connectivity index (χ2v) is 7.94. The van der Waals surface area contributed by atoms with Gasteiger partial charge in [0.05, 0.1) is 6.20 Å². The lowest BCUT2D eigenvalue weighted by Gasteiger charge is -2.46. The molecule has 0 aliphatic heterocycles. The molecule has 0 saturated heterocycles. The summed E-state index contributed by atoms with van der Waals surface area (Å²) in [5.74, 6) is -0.263. The van der Waals surface area contributed by atoms with Crippen molar-refractivity contribution in [2.24, 2.45) is 10.8 Å². The molecule has 0 aromatic carbocycles. The van der Waals surface area contributed by atoms with E-state index in [0.717, 1.165) is 5.56 Å². The molecule has 3 heteroatoms. The minimum Gasteiger partial charge on any atom is -0.307 e. The highest BCUT2D eigenvalue weighted by Gasteiger charge is 2.38. The Bertz CT molecular complexity index is 452. The maximum absolute atomic E-state index is 13.3.